The van der Waals surface area contributed by atoms with Gasteiger partial charge in [-0.15, -0.1) is 24.0 Å². The summed E-state index contributed by atoms with van der Waals surface area (Å²) in [5.41, 5.74) is 9.02. The molecule has 1 heterocycles. The van der Waals surface area contributed by atoms with Crippen LogP contribution in [-0.2, 0) is 11.2 Å². The molecule has 1 amide bonds. The van der Waals surface area contributed by atoms with Crippen LogP contribution in [0, 0.1) is 0 Å². The summed E-state index contributed by atoms with van der Waals surface area (Å²) in [5.74, 6) is 0.685. The number of carbonyl (C=O) groups is 1. The van der Waals surface area contributed by atoms with E-state index in [9.17, 15) is 4.79 Å². The zero-order valence-corrected chi connectivity index (χ0v) is 19.1. The van der Waals surface area contributed by atoms with E-state index in [4.69, 9.17) is 5.73 Å². The molecule has 0 radical (unpaired) electrons. The molecule has 0 aliphatic carbocycles. The number of anilines is 1. The van der Waals surface area contributed by atoms with Gasteiger partial charge in [0, 0.05) is 37.6 Å². The van der Waals surface area contributed by atoms with Crippen LogP contribution in [0.5, 0.6) is 0 Å². The van der Waals surface area contributed by atoms with Crippen LogP contribution in [0.1, 0.15) is 37.4 Å². The van der Waals surface area contributed by atoms with Gasteiger partial charge in [0.05, 0.1) is 0 Å². The Morgan fingerprint density at radius 1 is 1.25 bits per heavy atom. The highest BCUT2D eigenvalue weighted by molar-refractivity contribution is 14.0. The molecule has 7 heteroatoms. The second-order valence-corrected chi connectivity index (χ2v) is 6.64. The highest BCUT2D eigenvalue weighted by atomic mass is 127. The van der Waals surface area contributed by atoms with Crippen LogP contribution < -0.4 is 11.1 Å². The normalized spacial score (nSPS) is 12.0. The molecular weight excluding hydrogens is 465 g/mol. The Morgan fingerprint density at radius 2 is 1.96 bits per heavy atom. The van der Waals surface area contributed by atoms with Crippen molar-refractivity contribution < 1.29 is 4.79 Å². The molecule has 1 atom stereocenters. The smallest absolute Gasteiger partial charge is 0.244 e. The minimum Gasteiger partial charge on any atom is -0.370 e. The van der Waals surface area contributed by atoms with Crippen LogP contribution in [0.25, 0.3) is 0 Å². The number of likely N-dealkylation sites (N-methyl/N-ethyl adjacent to an activating group) is 1. The molecule has 0 saturated carbocycles. The van der Waals surface area contributed by atoms with Crippen LogP contribution in [0.3, 0.4) is 0 Å². The fourth-order valence-corrected chi connectivity index (χ4v) is 2.54. The van der Waals surface area contributed by atoms with E-state index in [1.807, 2.05) is 30.3 Å². The number of rotatable bonds is 8. The Kier molecular flexibility index (Phi) is 10.5. The number of halogens is 1. The van der Waals surface area contributed by atoms with Gasteiger partial charge in [0.15, 0.2) is 5.96 Å². The SMILES string of the molecule is CCC(C)c1ccc(NC(N)=NCC(=O)N(C)CCc2ccccn2)cc1.I. The maximum atomic E-state index is 12.2. The third kappa shape index (κ3) is 7.84. The molecule has 0 bridgehead atoms. The second-order valence-electron chi connectivity index (χ2n) is 6.64. The highest BCUT2D eigenvalue weighted by Gasteiger charge is 2.09. The topological polar surface area (TPSA) is 83.6 Å². The third-order valence-electron chi connectivity index (χ3n) is 4.60. The fourth-order valence-electron chi connectivity index (χ4n) is 2.54. The van der Waals surface area contributed by atoms with E-state index in [1.54, 1.807) is 18.1 Å². The Balaban J connectivity index is 0.00000392. The van der Waals surface area contributed by atoms with Crippen molar-refractivity contribution in [3.8, 4) is 0 Å². The number of pyridine rings is 1. The zero-order valence-electron chi connectivity index (χ0n) is 16.8. The molecule has 1 unspecified atom stereocenters. The maximum absolute atomic E-state index is 12.2. The van der Waals surface area contributed by atoms with E-state index in [-0.39, 0.29) is 42.4 Å². The number of hydrogen-bond donors (Lipinski definition) is 2. The molecule has 152 valence electrons. The predicted molar refractivity (Wildman–Crippen MR) is 126 cm³/mol. The van der Waals surface area contributed by atoms with Crippen LogP contribution in [0.4, 0.5) is 5.69 Å². The summed E-state index contributed by atoms with van der Waals surface area (Å²) in [4.78, 5) is 22.2. The first-order valence-electron chi connectivity index (χ1n) is 9.30. The first-order valence-corrected chi connectivity index (χ1v) is 9.30. The van der Waals surface area contributed by atoms with Crippen molar-refractivity contribution in [1.82, 2.24) is 9.88 Å². The van der Waals surface area contributed by atoms with Crippen molar-refractivity contribution in [3.05, 3.63) is 59.9 Å². The molecule has 0 saturated heterocycles. The van der Waals surface area contributed by atoms with Crippen molar-refractivity contribution in [2.75, 3.05) is 25.5 Å². The van der Waals surface area contributed by atoms with Crippen LogP contribution in [-0.4, -0.2) is 41.9 Å². The Morgan fingerprint density at radius 3 is 2.57 bits per heavy atom. The first kappa shape index (κ1) is 23.9. The van der Waals surface area contributed by atoms with Gasteiger partial charge in [-0.2, -0.15) is 0 Å². The van der Waals surface area contributed by atoms with Crippen molar-refractivity contribution >= 4 is 41.5 Å². The summed E-state index contributed by atoms with van der Waals surface area (Å²) in [6.07, 6.45) is 3.57. The van der Waals surface area contributed by atoms with E-state index >= 15 is 0 Å². The van der Waals surface area contributed by atoms with Crippen LogP contribution in [0.2, 0.25) is 0 Å². The van der Waals surface area contributed by atoms with Gasteiger partial charge in [-0.1, -0.05) is 32.0 Å². The number of guanidine groups is 1. The molecular formula is C21H30IN5O. The summed E-state index contributed by atoms with van der Waals surface area (Å²) < 4.78 is 0. The first-order chi connectivity index (χ1) is 13.0. The number of hydrogen-bond acceptors (Lipinski definition) is 3. The number of nitrogens with zero attached hydrogens (tertiary/aromatic N) is 3. The van der Waals surface area contributed by atoms with Crippen molar-refractivity contribution in [2.24, 2.45) is 10.7 Å². The highest BCUT2D eigenvalue weighted by Crippen LogP contribution is 2.20. The number of aliphatic imine (C=N–C) groups is 1. The average molecular weight is 495 g/mol. The summed E-state index contributed by atoms with van der Waals surface area (Å²) >= 11 is 0. The predicted octanol–water partition coefficient (Wildman–Crippen LogP) is 3.64. The molecule has 2 rings (SSSR count). The number of nitrogens with one attached hydrogen (secondary N) is 1. The van der Waals surface area contributed by atoms with Gasteiger partial charge in [-0.3, -0.25) is 9.78 Å². The largest absolute Gasteiger partial charge is 0.370 e. The van der Waals surface area contributed by atoms with E-state index in [0.29, 0.717) is 18.9 Å². The second kappa shape index (κ2) is 12.3. The van der Waals surface area contributed by atoms with Crippen molar-refractivity contribution in [3.63, 3.8) is 0 Å². The van der Waals surface area contributed by atoms with E-state index in [0.717, 1.165) is 17.8 Å². The van der Waals surface area contributed by atoms with E-state index in [1.165, 1.54) is 5.56 Å². The molecule has 28 heavy (non-hydrogen) atoms. The molecule has 2 aromatic rings. The van der Waals surface area contributed by atoms with Crippen LogP contribution >= 0.6 is 24.0 Å². The number of amides is 1. The molecule has 1 aromatic heterocycles. The van der Waals surface area contributed by atoms with Gasteiger partial charge in [0.2, 0.25) is 5.91 Å². The van der Waals surface area contributed by atoms with Crippen LogP contribution in [0.15, 0.2) is 53.7 Å². The van der Waals surface area contributed by atoms with Gasteiger partial charge in [-0.05, 0) is 42.2 Å². The lowest BCUT2D eigenvalue weighted by atomic mass is 9.99. The minimum atomic E-state index is -0.0807. The lowest BCUT2D eigenvalue weighted by Gasteiger charge is -2.16. The molecule has 0 fully saturated rings. The fraction of sp³-hybridized carbons (Fsp3) is 0.381. The summed E-state index contributed by atoms with van der Waals surface area (Å²) in [6.45, 7) is 4.98. The summed E-state index contributed by atoms with van der Waals surface area (Å²) in [6, 6.07) is 13.9. The van der Waals surface area contributed by atoms with Crippen molar-refractivity contribution in [2.45, 2.75) is 32.6 Å². The van der Waals surface area contributed by atoms with E-state index in [2.05, 4.69) is 41.3 Å². The Bertz CT molecular complexity index is 749. The van der Waals surface area contributed by atoms with Gasteiger partial charge < -0.3 is 16.0 Å². The third-order valence-corrected chi connectivity index (χ3v) is 4.60. The minimum absolute atomic E-state index is 0. The summed E-state index contributed by atoms with van der Waals surface area (Å²) in [7, 11) is 1.76. The zero-order chi connectivity index (χ0) is 19.6. The number of benzene rings is 1. The lowest BCUT2D eigenvalue weighted by molar-refractivity contribution is -0.128. The molecule has 0 spiro atoms. The molecule has 6 nitrogen and oxygen atoms in total. The lowest BCUT2D eigenvalue weighted by Crippen LogP contribution is -2.32. The van der Waals surface area contributed by atoms with Gasteiger partial charge in [0.1, 0.15) is 6.54 Å². The molecule has 0 aliphatic rings. The molecule has 3 N–H and O–H groups in total. The molecule has 1 aromatic carbocycles. The summed E-state index contributed by atoms with van der Waals surface area (Å²) in [5, 5.41) is 3.03. The number of nitrogens with two attached hydrogens (primary N) is 1. The quantitative estimate of drug-likeness (QED) is 0.333. The van der Waals surface area contributed by atoms with Gasteiger partial charge in [-0.25, -0.2) is 4.99 Å². The van der Waals surface area contributed by atoms with Gasteiger partial charge >= 0.3 is 0 Å². The maximum Gasteiger partial charge on any atom is 0.244 e. The van der Waals surface area contributed by atoms with Gasteiger partial charge in [0.25, 0.3) is 0 Å². The molecule has 0 aliphatic heterocycles. The number of aromatic nitrogens is 1. The van der Waals surface area contributed by atoms with Crippen molar-refractivity contribution in [1.29, 1.82) is 0 Å². The monoisotopic (exact) mass is 495 g/mol. The standard InChI is InChI=1S/C21H29N5O.HI/c1-4-16(2)17-8-10-19(11-9-17)25-21(22)24-15-20(27)26(3)14-12-18-7-5-6-13-23-18;/h5-11,13,16H,4,12,14-15H2,1-3H3,(H3,22,24,25);1H. The average Bonchev–Trinajstić information content (AvgIpc) is 2.71. The Labute approximate surface area is 184 Å². The Hall–Kier alpha value is -2.16. The number of carbonyl (C=O) groups excluding carboxylic acids is 1. The van der Waals surface area contributed by atoms with E-state index < -0.39 is 0 Å².